The zero-order valence-corrected chi connectivity index (χ0v) is 16.7. The smallest absolute Gasteiger partial charge is 0.260 e. The second-order valence-corrected chi connectivity index (χ2v) is 6.97. The van der Waals surface area contributed by atoms with Crippen molar-refractivity contribution in [2.24, 2.45) is 0 Å². The molecular weight excluding hydrogens is 376 g/mol. The fourth-order valence-electron chi connectivity index (χ4n) is 3.17. The number of para-hydroxylation sites is 1. The molecule has 0 atom stereocenters. The first-order valence-electron chi connectivity index (χ1n) is 9.98. The van der Waals surface area contributed by atoms with Crippen molar-refractivity contribution in [2.45, 2.75) is 26.2 Å². The largest absolute Gasteiger partial charge is 0.334 e. The molecule has 1 N–H and O–H groups in total. The second-order valence-electron chi connectivity index (χ2n) is 6.97. The first-order chi connectivity index (χ1) is 14.7. The van der Waals surface area contributed by atoms with E-state index in [0.29, 0.717) is 28.5 Å². The van der Waals surface area contributed by atoms with Crippen molar-refractivity contribution in [2.75, 3.05) is 5.32 Å². The van der Waals surface area contributed by atoms with Gasteiger partial charge in [-0.2, -0.15) is 4.98 Å². The minimum Gasteiger partial charge on any atom is -0.334 e. The van der Waals surface area contributed by atoms with E-state index >= 15 is 0 Å². The highest BCUT2D eigenvalue weighted by Crippen LogP contribution is 2.28. The predicted molar refractivity (Wildman–Crippen MR) is 116 cm³/mol. The van der Waals surface area contributed by atoms with E-state index in [9.17, 15) is 4.79 Å². The fourth-order valence-corrected chi connectivity index (χ4v) is 3.17. The summed E-state index contributed by atoms with van der Waals surface area (Å²) >= 11 is 0. The first-order valence-corrected chi connectivity index (χ1v) is 9.98. The van der Waals surface area contributed by atoms with E-state index in [-0.39, 0.29) is 5.91 Å². The number of unbranched alkanes of at least 4 members (excludes halogenated alkanes) is 1. The van der Waals surface area contributed by atoms with Gasteiger partial charge in [-0.05, 0) is 54.8 Å². The van der Waals surface area contributed by atoms with Crippen LogP contribution in [0.4, 0.5) is 5.69 Å². The highest BCUT2D eigenvalue weighted by Gasteiger charge is 2.16. The lowest BCUT2D eigenvalue weighted by Crippen LogP contribution is -2.13. The van der Waals surface area contributed by atoms with Crippen LogP contribution < -0.4 is 5.32 Å². The van der Waals surface area contributed by atoms with E-state index in [4.69, 9.17) is 4.52 Å². The Morgan fingerprint density at radius 1 is 1.07 bits per heavy atom. The average molecular weight is 398 g/mol. The molecule has 0 radical (unpaired) electrons. The molecule has 0 saturated carbocycles. The quantitative estimate of drug-likeness (QED) is 0.451. The van der Waals surface area contributed by atoms with Crippen LogP contribution in [0.3, 0.4) is 0 Å². The molecule has 0 fully saturated rings. The molecule has 6 heteroatoms. The molecule has 150 valence electrons. The molecule has 2 aromatic heterocycles. The standard InChI is InChI=1S/C24H22N4O2/c1-2-3-8-17-9-6-10-18(15-17)23(29)26-21-13-5-4-12-20(21)24-27-22(28-30-24)19-11-7-14-25-16-19/h4-7,9-16H,2-3,8H2,1H3,(H,26,29). The van der Waals surface area contributed by atoms with Crippen LogP contribution in [0.1, 0.15) is 35.7 Å². The monoisotopic (exact) mass is 398 g/mol. The van der Waals surface area contributed by atoms with Crippen LogP contribution in [-0.4, -0.2) is 21.0 Å². The van der Waals surface area contributed by atoms with Crippen LogP contribution in [-0.2, 0) is 6.42 Å². The number of amides is 1. The number of hydrogen-bond acceptors (Lipinski definition) is 5. The highest BCUT2D eigenvalue weighted by atomic mass is 16.5. The van der Waals surface area contributed by atoms with Crippen molar-refractivity contribution in [3.05, 3.63) is 84.2 Å². The lowest BCUT2D eigenvalue weighted by molar-refractivity contribution is 0.102. The third-order valence-electron chi connectivity index (χ3n) is 4.76. The topological polar surface area (TPSA) is 80.9 Å². The van der Waals surface area contributed by atoms with E-state index in [0.717, 1.165) is 30.4 Å². The van der Waals surface area contributed by atoms with Crippen LogP contribution in [0.25, 0.3) is 22.8 Å². The van der Waals surface area contributed by atoms with Crippen molar-refractivity contribution in [3.8, 4) is 22.8 Å². The molecule has 30 heavy (non-hydrogen) atoms. The molecule has 0 aliphatic rings. The van der Waals surface area contributed by atoms with Gasteiger partial charge in [0.05, 0.1) is 11.3 Å². The van der Waals surface area contributed by atoms with Crippen LogP contribution in [0.15, 0.2) is 77.6 Å². The number of pyridine rings is 1. The zero-order valence-electron chi connectivity index (χ0n) is 16.7. The number of nitrogens with zero attached hydrogens (tertiary/aromatic N) is 3. The second kappa shape index (κ2) is 9.13. The van der Waals surface area contributed by atoms with Crippen molar-refractivity contribution in [1.29, 1.82) is 0 Å². The van der Waals surface area contributed by atoms with Crippen molar-refractivity contribution in [3.63, 3.8) is 0 Å². The Morgan fingerprint density at radius 2 is 1.97 bits per heavy atom. The molecule has 6 nitrogen and oxygen atoms in total. The molecule has 4 aromatic rings. The minimum atomic E-state index is -0.173. The summed E-state index contributed by atoms with van der Waals surface area (Å²) in [6.45, 7) is 2.16. The van der Waals surface area contributed by atoms with E-state index < -0.39 is 0 Å². The molecule has 4 rings (SSSR count). The highest BCUT2D eigenvalue weighted by molar-refractivity contribution is 6.06. The van der Waals surface area contributed by atoms with E-state index in [1.54, 1.807) is 12.4 Å². The van der Waals surface area contributed by atoms with Crippen LogP contribution in [0.5, 0.6) is 0 Å². The number of benzene rings is 2. The van der Waals surface area contributed by atoms with Gasteiger partial charge in [-0.1, -0.05) is 42.8 Å². The van der Waals surface area contributed by atoms with Crippen LogP contribution >= 0.6 is 0 Å². The number of anilines is 1. The Kier molecular flexibility index (Phi) is 5.94. The summed E-state index contributed by atoms with van der Waals surface area (Å²) in [7, 11) is 0. The Labute approximate surface area is 175 Å². The molecular formula is C24H22N4O2. The maximum absolute atomic E-state index is 12.9. The maximum Gasteiger partial charge on any atom is 0.260 e. The van der Waals surface area contributed by atoms with Crippen LogP contribution in [0.2, 0.25) is 0 Å². The number of carbonyl (C=O) groups is 1. The summed E-state index contributed by atoms with van der Waals surface area (Å²) in [6, 6.07) is 18.8. The number of rotatable bonds is 7. The Morgan fingerprint density at radius 3 is 2.80 bits per heavy atom. The van der Waals surface area contributed by atoms with Gasteiger partial charge in [0.2, 0.25) is 5.82 Å². The number of aryl methyl sites for hydroxylation is 1. The van der Waals surface area contributed by atoms with Gasteiger partial charge >= 0.3 is 0 Å². The summed E-state index contributed by atoms with van der Waals surface area (Å²) in [4.78, 5) is 21.4. The van der Waals surface area contributed by atoms with Gasteiger partial charge in [-0.3, -0.25) is 9.78 Å². The van der Waals surface area contributed by atoms with E-state index in [2.05, 4.69) is 33.4 Å². The first kappa shape index (κ1) is 19.5. The Hall–Kier alpha value is -3.80. The van der Waals surface area contributed by atoms with Gasteiger partial charge in [0.1, 0.15) is 0 Å². The third kappa shape index (κ3) is 4.43. The SMILES string of the molecule is CCCCc1cccc(C(=O)Nc2ccccc2-c2nc(-c3cccnc3)no2)c1. The molecule has 0 aliphatic heterocycles. The summed E-state index contributed by atoms with van der Waals surface area (Å²) in [6.07, 6.45) is 6.55. The maximum atomic E-state index is 12.9. The Balaban J connectivity index is 1.57. The summed E-state index contributed by atoms with van der Waals surface area (Å²) in [5.74, 6) is 0.608. The molecule has 0 saturated heterocycles. The number of nitrogens with one attached hydrogen (secondary N) is 1. The lowest BCUT2D eigenvalue weighted by Gasteiger charge is -2.09. The summed E-state index contributed by atoms with van der Waals surface area (Å²) < 4.78 is 5.46. The Bertz CT molecular complexity index is 1140. The summed E-state index contributed by atoms with van der Waals surface area (Å²) in [5, 5.41) is 7.02. The fraction of sp³-hybridized carbons (Fsp3) is 0.167. The zero-order chi connectivity index (χ0) is 20.8. The lowest BCUT2D eigenvalue weighted by atomic mass is 10.0. The molecule has 0 bridgehead atoms. The van der Waals surface area contributed by atoms with Gasteiger partial charge in [0.25, 0.3) is 11.8 Å². The van der Waals surface area contributed by atoms with E-state index in [1.165, 1.54) is 0 Å². The number of carbonyl (C=O) groups excluding carboxylic acids is 1. The van der Waals surface area contributed by atoms with Gasteiger partial charge in [-0.15, -0.1) is 0 Å². The normalized spacial score (nSPS) is 10.7. The van der Waals surface area contributed by atoms with Gasteiger partial charge in [0, 0.05) is 23.5 Å². The molecule has 0 spiro atoms. The molecule has 0 unspecified atom stereocenters. The van der Waals surface area contributed by atoms with Gasteiger partial charge in [-0.25, -0.2) is 0 Å². The van der Waals surface area contributed by atoms with Crippen molar-refractivity contribution < 1.29 is 9.32 Å². The molecule has 1 amide bonds. The molecule has 2 heterocycles. The number of hydrogen-bond donors (Lipinski definition) is 1. The molecule has 0 aliphatic carbocycles. The van der Waals surface area contributed by atoms with Crippen molar-refractivity contribution >= 4 is 11.6 Å². The van der Waals surface area contributed by atoms with E-state index in [1.807, 2.05) is 54.6 Å². The van der Waals surface area contributed by atoms with Crippen LogP contribution in [0, 0.1) is 0 Å². The minimum absolute atomic E-state index is 0.173. The van der Waals surface area contributed by atoms with Crippen molar-refractivity contribution in [1.82, 2.24) is 15.1 Å². The predicted octanol–water partition coefficient (Wildman–Crippen LogP) is 5.39. The van der Waals surface area contributed by atoms with Gasteiger partial charge < -0.3 is 9.84 Å². The summed E-state index contributed by atoms with van der Waals surface area (Å²) in [5.41, 5.74) is 3.83. The number of aromatic nitrogens is 3. The third-order valence-corrected chi connectivity index (χ3v) is 4.76. The average Bonchev–Trinajstić information content (AvgIpc) is 3.29. The van der Waals surface area contributed by atoms with Gasteiger partial charge in [0.15, 0.2) is 0 Å². The molecule has 2 aromatic carbocycles.